The number of rotatable bonds is 5. The lowest BCUT2D eigenvalue weighted by Crippen LogP contribution is -2.25. The van der Waals surface area contributed by atoms with Gasteiger partial charge in [0.1, 0.15) is 5.82 Å². The maximum Gasteiger partial charge on any atom is 0.251 e. The summed E-state index contributed by atoms with van der Waals surface area (Å²) in [6.45, 7) is 2.64. The number of benzene rings is 2. The van der Waals surface area contributed by atoms with Crippen LogP contribution in [-0.2, 0) is 6.42 Å². The molecule has 0 fully saturated rings. The van der Waals surface area contributed by atoms with Crippen molar-refractivity contribution in [2.75, 3.05) is 13.3 Å². The smallest absolute Gasteiger partial charge is 0.251 e. The van der Waals surface area contributed by atoms with Crippen molar-refractivity contribution in [2.45, 2.75) is 13.3 Å². The summed E-state index contributed by atoms with van der Waals surface area (Å²) in [4.78, 5) is 18.8. The Labute approximate surface area is 175 Å². The zero-order valence-corrected chi connectivity index (χ0v) is 16.8. The molecule has 152 valence electrons. The molecule has 0 aliphatic carbocycles. The Morgan fingerprint density at radius 1 is 1.20 bits per heavy atom. The third-order valence-corrected chi connectivity index (χ3v) is 6.08. The van der Waals surface area contributed by atoms with E-state index in [1.165, 1.54) is 23.5 Å². The maximum absolute atomic E-state index is 13.1. The number of nitrogens with one attached hydrogen (secondary N) is 1. The normalized spacial score (nSPS) is 12.5. The molecule has 5 rings (SSSR count). The number of nitrogens with zero attached hydrogens (tertiary/aromatic N) is 3. The predicted molar refractivity (Wildman–Crippen MR) is 110 cm³/mol. The van der Waals surface area contributed by atoms with Gasteiger partial charge < -0.3 is 14.8 Å². The summed E-state index contributed by atoms with van der Waals surface area (Å²) in [5.41, 5.74) is 2.28. The van der Waals surface area contributed by atoms with Gasteiger partial charge in [-0.1, -0.05) is 11.3 Å². The Hall–Kier alpha value is -3.46. The first-order valence-electron chi connectivity index (χ1n) is 9.37. The number of ether oxygens (including phenoxy) is 2. The quantitative estimate of drug-likeness (QED) is 0.530. The molecule has 0 bridgehead atoms. The number of thiazole rings is 1. The molecule has 9 heteroatoms. The number of hydrogen-bond acceptors (Lipinski definition) is 6. The highest BCUT2D eigenvalue weighted by atomic mass is 32.1. The summed E-state index contributed by atoms with van der Waals surface area (Å²) in [7, 11) is 0. The molecule has 1 aliphatic heterocycles. The Morgan fingerprint density at radius 2 is 2.00 bits per heavy atom. The lowest BCUT2D eigenvalue weighted by Gasteiger charge is -2.06. The molecule has 0 unspecified atom stereocenters. The summed E-state index contributed by atoms with van der Waals surface area (Å²) in [6, 6.07) is 11.3. The van der Waals surface area contributed by atoms with Crippen molar-refractivity contribution in [3.63, 3.8) is 0 Å². The molecule has 0 saturated heterocycles. The largest absolute Gasteiger partial charge is 0.454 e. The monoisotopic (exact) mass is 424 g/mol. The fourth-order valence-corrected chi connectivity index (χ4v) is 4.32. The van der Waals surface area contributed by atoms with E-state index in [0.717, 1.165) is 21.1 Å². The Morgan fingerprint density at radius 3 is 2.80 bits per heavy atom. The van der Waals surface area contributed by atoms with Crippen LogP contribution in [-0.4, -0.2) is 33.8 Å². The second-order valence-corrected chi connectivity index (χ2v) is 7.88. The van der Waals surface area contributed by atoms with Gasteiger partial charge in [-0.15, -0.1) is 5.10 Å². The number of aromatic nitrogens is 3. The molecule has 0 saturated carbocycles. The van der Waals surface area contributed by atoms with Crippen LogP contribution in [0.15, 0.2) is 42.5 Å². The van der Waals surface area contributed by atoms with Crippen LogP contribution in [0.5, 0.6) is 11.5 Å². The molecular formula is C21H17FN4O3S. The number of aryl methyl sites for hydroxylation is 1. The average Bonchev–Trinajstić information content (AvgIpc) is 3.45. The van der Waals surface area contributed by atoms with E-state index in [2.05, 4.69) is 15.4 Å². The topological polar surface area (TPSA) is 77.8 Å². The highest BCUT2D eigenvalue weighted by Crippen LogP contribution is 2.32. The van der Waals surface area contributed by atoms with Crippen LogP contribution in [0.3, 0.4) is 0 Å². The summed E-state index contributed by atoms with van der Waals surface area (Å²) >= 11 is 1.53. The van der Waals surface area contributed by atoms with Crippen LogP contribution < -0.4 is 14.8 Å². The molecule has 7 nitrogen and oxygen atoms in total. The lowest BCUT2D eigenvalue weighted by atomic mass is 10.2. The summed E-state index contributed by atoms with van der Waals surface area (Å²) in [5.74, 6) is 1.34. The second-order valence-electron chi connectivity index (χ2n) is 6.82. The Bertz CT molecular complexity index is 1250. The van der Waals surface area contributed by atoms with Gasteiger partial charge in [-0.3, -0.25) is 4.79 Å². The van der Waals surface area contributed by atoms with Crippen LogP contribution in [0, 0.1) is 12.7 Å². The van der Waals surface area contributed by atoms with Gasteiger partial charge in [-0.2, -0.15) is 4.98 Å². The van der Waals surface area contributed by atoms with Gasteiger partial charge in [0.25, 0.3) is 5.91 Å². The van der Waals surface area contributed by atoms with E-state index >= 15 is 0 Å². The predicted octanol–water partition coefficient (Wildman–Crippen LogP) is 3.61. The molecule has 0 spiro atoms. The van der Waals surface area contributed by atoms with Crippen molar-refractivity contribution in [1.82, 2.24) is 19.9 Å². The molecule has 1 amide bonds. The number of hydrogen-bond donors (Lipinski definition) is 1. The van der Waals surface area contributed by atoms with Crippen LogP contribution in [0.25, 0.3) is 16.3 Å². The molecular weight excluding hydrogens is 407 g/mol. The second kappa shape index (κ2) is 7.42. The lowest BCUT2D eigenvalue weighted by molar-refractivity contribution is 0.0953. The third kappa shape index (κ3) is 3.37. The van der Waals surface area contributed by atoms with Gasteiger partial charge in [0.05, 0.1) is 5.69 Å². The van der Waals surface area contributed by atoms with Gasteiger partial charge in [0.2, 0.25) is 11.8 Å². The fourth-order valence-electron chi connectivity index (χ4n) is 3.27. The molecule has 3 heterocycles. The van der Waals surface area contributed by atoms with Gasteiger partial charge in [-0.25, -0.2) is 8.91 Å². The van der Waals surface area contributed by atoms with E-state index in [1.54, 1.807) is 34.8 Å². The molecule has 2 aromatic carbocycles. The standard InChI is InChI=1S/C21H17FN4O3S/c1-12-18(8-9-23-20(27)14-4-7-16-17(10-14)29-11-28-16)30-21-24-19(25-26(12)21)13-2-5-15(22)6-3-13/h2-7,10H,8-9,11H2,1H3,(H,23,27). The Balaban J connectivity index is 1.25. The number of halogens is 1. The molecule has 1 aliphatic rings. The van der Waals surface area contributed by atoms with Crippen LogP contribution in [0.2, 0.25) is 0 Å². The van der Waals surface area contributed by atoms with Crippen molar-refractivity contribution in [2.24, 2.45) is 0 Å². The van der Waals surface area contributed by atoms with Crippen LogP contribution in [0.1, 0.15) is 20.9 Å². The summed E-state index contributed by atoms with van der Waals surface area (Å²) in [6.07, 6.45) is 0.670. The van der Waals surface area contributed by atoms with Crippen LogP contribution >= 0.6 is 11.3 Å². The molecule has 0 radical (unpaired) electrons. The minimum Gasteiger partial charge on any atom is -0.454 e. The van der Waals surface area contributed by atoms with E-state index in [1.807, 2.05) is 6.92 Å². The highest BCUT2D eigenvalue weighted by Gasteiger charge is 2.17. The number of carbonyl (C=O) groups is 1. The van der Waals surface area contributed by atoms with Crippen molar-refractivity contribution in [3.05, 3.63) is 64.4 Å². The zero-order valence-electron chi connectivity index (χ0n) is 16.0. The van der Waals surface area contributed by atoms with Crippen LogP contribution in [0.4, 0.5) is 4.39 Å². The van der Waals surface area contributed by atoms with E-state index in [-0.39, 0.29) is 18.5 Å². The SMILES string of the molecule is Cc1c(CCNC(=O)c2ccc3c(c2)OCO3)sc2nc(-c3ccc(F)cc3)nn12. The molecule has 30 heavy (non-hydrogen) atoms. The van der Waals surface area contributed by atoms with Gasteiger partial charge in [-0.05, 0) is 49.4 Å². The zero-order chi connectivity index (χ0) is 20.7. The van der Waals surface area contributed by atoms with Crippen molar-refractivity contribution < 1.29 is 18.7 Å². The number of amides is 1. The highest BCUT2D eigenvalue weighted by molar-refractivity contribution is 7.17. The molecule has 0 atom stereocenters. The van der Waals surface area contributed by atoms with E-state index < -0.39 is 0 Å². The van der Waals surface area contributed by atoms with E-state index in [4.69, 9.17) is 9.47 Å². The Kier molecular flexibility index (Phi) is 4.59. The number of fused-ring (bicyclic) bond motifs is 2. The van der Waals surface area contributed by atoms with E-state index in [9.17, 15) is 9.18 Å². The molecule has 4 aromatic rings. The fraction of sp³-hybridized carbons (Fsp3) is 0.190. The van der Waals surface area contributed by atoms with Gasteiger partial charge in [0, 0.05) is 29.0 Å². The third-order valence-electron chi connectivity index (χ3n) is 4.89. The first-order valence-corrected chi connectivity index (χ1v) is 10.2. The molecule has 1 N–H and O–H groups in total. The molecule has 2 aromatic heterocycles. The minimum absolute atomic E-state index is 0.163. The maximum atomic E-state index is 13.1. The van der Waals surface area contributed by atoms with Gasteiger partial charge in [0.15, 0.2) is 17.3 Å². The average molecular weight is 424 g/mol. The first-order chi connectivity index (χ1) is 14.6. The summed E-state index contributed by atoms with van der Waals surface area (Å²) < 4.78 is 25.5. The minimum atomic E-state index is -0.291. The number of carbonyl (C=O) groups excluding carboxylic acids is 1. The van der Waals surface area contributed by atoms with Crippen molar-refractivity contribution >= 4 is 22.2 Å². The van der Waals surface area contributed by atoms with E-state index in [0.29, 0.717) is 35.9 Å². The first kappa shape index (κ1) is 18.6. The van der Waals surface area contributed by atoms with Gasteiger partial charge >= 0.3 is 0 Å². The van der Waals surface area contributed by atoms with Crippen molar-refractivity contribution in [3.8, 4) is 22.9 Å². The van der Waals surface area contributed by atoms with Crippen molar-refractivity contribution in [1.29, 1.82) is 0 Å². The summed E-state index contributed by atoms with van der Waals surface area (Å²) in [5, 5.41) is 7.47.